The zero-order valence-corrected chi connectivity index (χ0v) is 14.4. The summed E-state index contributed by atoms with van der Waals surface area (Å²) in [5.74, 6) is 1.07. The topological polar surface area (TPSA) is 50.2 Å². The monoisotopic (exact) mass is 314 g/mol. The van der Waals surface area contributed by atoms with Crippen molar-refractivity contribution in [3.8, 4) is 0 Å². The highest BCUT2D eigenvalue weighted by atomic mass is 16.2. The molecular formula is C18H26N4O. The largest absolute Gasteiger partial charge is 0.353 e. The lowest BCUT2D eigenvalue weighted by atomic mass is 10.0. The molecule has 0 saturated heterocycles. The second-order valence-corrected chi connectivity index (χ2v) is 5.96. The van der Waals surface area contributed by atoms with Gasteiger partial charge in [0.25, 0.3) is 0 Å². The van der Waals surface area contributed by atoms with Gasteiger partial charge in [-0.3, -0.25) is 9.69 Å². The number of amides is 1. The van der Waals surface area contributed by atoms with Gasteiger partial charge in [0.15, 0.2) is 0 Å². The summed E-state index contributed by atoms with van der Waals surface area (Å²) in [7, 11) is 3.85. The number of likely N-dealkylation sites (N-methyl/N-ethyl adjacent to an activating group) is 1. The van der Waals surface area contributed by atoms with Gasteiger partial charge in [0, 0.05) is 31.9 Å². The Bertz CT molecular complexity index is 631. The highest BCUT2D eigenvalue weighted by Crippen LogP contribution is 2.18. The molecule has 23 heavy (non-hydrogen) atoms. The third kappa shape index (κ3) is 4.42. The van der Waals surface area contributed by atoms with E-state index in [2.05, 4.69) is 21.8 Å². The quantitative estimate of drug-likeness (QED) is 0.852. The fraction of sp³-hybridized carbons (Fsp3) is 0.444. The van der Waals surface area contributed by atoms with Gasteiger partial charge in [0.2, 0.25) is 5.91 Å². The highest BCUT2D eigenvalue weighted by Gasteiger charge is 2.22. The number of nitrogens with zero attached hydrogens (tertiary/aromatic N) is 3. The van der Waals surface area contributed by atoms with E-state index >= 15 is 0 Å². The van der Waals surface area contributed by atoms with E-state index in [0.29, 0.717) is 6.54 Å². The van der Waals surface area contributed by atoms with Crippen molar-refractivity contribution in [3.63, 3.8) is 0 Å². The van der Waals surface area contributed by atoms with Gasteiger partial charge in [-0.15, -0.1) is 0 Å². The van der Waals surface area contributed by atoms with Crippen LogP contribution < -0.4 is 5.32 Å². The van der Waals surface area contributed by atoms with Crippen molar-refractivity contribution in [1.82, 2.24) is 19.8 Å². The van der Waals surface area contributed by atoms with Crippen LogP contribution in [-0.2, 0) is 17.8 Å². The molecule has 0 bridgehead atoms. The Morgan fingerprint density at radius 1 is 1.30 bits per heavy atom. The summed E-state index contributed by atoms with van der Waals surface area (Å²) in [5, 5.41) is 3.04. The molecule has 1 atom stereocenters. The van der Waals surface area contributed by atoms with Gasteiger partial charge in [-0.05, 0) is 26.6 Å². The van der Waals surface area contributed by atoms with E-state index in [1.54, 1.807) is 6.20 Å². The Morgan fingerprint density at radius 3 is 2.61 bits per heavy atom. The Kier molecular flexibility index (Phi) is 5.93. The molecule has 2 rings (SSSR count). The van der Waals surface area contributed by atoms with Crippen LogP contribution in [0.5, 0.6) is 0 Å². The van der Waals surface area contributed by atoms with Crippen molar-refractivity contribution in [2.45, 2.75) is 32.9 Å². The molecule has 0 aliphatic rings. The van der Waals surface area contributed by atoms with Crippen LogP contribution >= 0.6 is 0 Å². The molecule has 1 aromatic carbocycles. The second kappa shape index (κ2) is 7.92. The van der Waals surface area contributed by atoms with Crippen molar-refractivity contribution in [2.24, 2.45) is 0 Å². The standard InChI is InChI=1S/C18H26N4O/c1-5-16-19-10-12-22(16)13-11-20-18(23)17(21(3)4)15-8-6-14(2)7-9-15/h6-10,12,17H,5,11,13H2,1-4H3,(H,20,23)/t17-/m1/s1. The smallest absolute Gasteiger partial charge is 0.242 e. The van der Waals surface area contributed by atoms with Crippen molar-refractivity contribution >= 4 is 5.91 Å². The Balaban J connectivity index is 1.97. The molecular weight excluding hydrogens is 288 g/mol. The van der Waals surface area contributed by atoms with Crippen LogP contribution in [0, 0.1) is 6.92 Å². The molecule has 5 nitrogen and oxygen atoms in total. The summed E-state index contributed by atoms with van der Waals surface area (Å²) in [6.45, 7) is 5.46. The fourth-order valence-electron chi connectivity index (χ4n) is 2.69. The number of nitrogens with one attached hydrogen (secondary N) is 1. The fourth-order valence-corrected chi connectivity index (χ4v) is 2.69. The van der Waals surface area contributed by atoms with Gasteiger partial charge >= 0.3 is 0 Å². The maximum atomic E-state index is 12.6. The third-order valence-corrected chi connectivity index (χ3v) is 3.93. The first-order valence-corrected chi connectivity index (χ1v) is 8.03. The molecule has 1 amide bonds. The van der Waals surface area contributed by atoms with E-state index in [-0.39, 0.29) is 11.9 Å². The van der Waals surface area contributed by atoms with Crippen LogP contribution in [0.15, 0.2) is 36.7 Å². The Labute approximate surface area is 138 Å². The molecule has 0 fully saturated rings. The normalized spacial score (nSPS) is 12.4. The van der Waals surface area contributed by atoms with Crippen LogP contribution in [0.4, 0.5) is 0 Å². The minimum atomic E-state index is -0.274. The molecule has 0 saturated carbocycles. The van der Waals surface area contributed by atoms with Gasteiger partial charge in [0.1, 0.15) is 11.9 Å². The average Bonchev–Trinajstić information content (AvgIpc) is 2.96. The SMILES string of the molecule is CCc1nccn1CCNC(=O)[C@@H](c1ccc(C)cc1)N(C)C. The van der Waals surface area contributed by atoms with E-state index < -0.39 is 0 Å². The number of imidazole rings is 1. The zero-order valence-electron chi connectivity index (χ0n) is 14.4. The average molecular weight is 314 g/mol. The summed E-state index contributed by atoms with van der Waals surface area (Å²) >= 11 is 0. The number of hydrogen-bond acceptors (Lipinski definition) is 3. The molecule has 0 aliphatic heterocycles. The van der Waals surface area contributed by atoms with Gasteiger partial charge in [-0.1, -0.05) is 36.8 Å². The summed E-state index contributed by atoms with van der Waals surface area (Å²) in [6.07, 6.45) is 4.65. The molecule has 0 aliphatic carbocycles. The van der Waals surface area contributed by atoms with E-state index in [9.17, 15) is 4.79 Å². The molecule has 1 N–H and O–H groups in total. The number of carbonyl (C=O) groups is 1. The minimum Gasteiger partial charge on any atom is -0.353 e. The summed E-state index contributed by atoms with van der Waals surface area (Å²) < 4.78 is 2.08. The summed E-state index contributed by atoms with van der Waals surface area (Å²) in [4.78, 5) is 18.8. The predicted molar refractivity (Wildman–Crippen MR) is 92.2 cm³/mol. The molecule has 2 aromatic rings. The molecule has 5 heteroatoms. The first-order valence-electron chi connectivity index (χ1n) is 8.03. The number of benzene rings is 1. The van der Waals surface area contributed by atoms with Crippen molar-refractivity contribution in [2.75, 3.05) is 20.6 Å². The van der Waals surface area contributed by atoms with Gasteiger partial charge in [0.05, 0.1) is 0 Å². The summed E-state index contributed by atoms with van der Waals surface area (Å²) in [6, 6.07) is 7.84. The molecule has 1 aromatic heterocycles. The Morgan fingerprint density at radius 2 is 2.00 bits per heavy atom. The highest BCUT2D eigenvalue weighted by molar-refractivity contribution is 5.83. The lowest BCUT2D eigenvalue weighted by Gasteiger charge is -2.24. The molecule has 0 spiro atoms. The number of aryl methyl sites for hydroxylation is 2. The van der Waals surface area contributed by atoms with Crippen LogP contribution in [0.1, 0.15) is 29.9 Å². The van der Waals surface area contributed by atoms with E-state index in [0.717, 1.165) is 24.4 Å². The lowest BCUT2D eigenvalue weighted by Crippen LogP contribution is -2.38. The molecule has 1 heterocycles. The Hall–Kier alpha value is -2.14. The van der Waals surface area contributed by atoms with Crippen molar-refractivity contribution in [3.05, 3.63) is 53.6 Å². The molecule has 124 valence electrons. The van der Waals surface area contributed by atoms with Gasteiger partial charge in [-0.2, -0.15) is 0 Å². The summed E-state index contributed by atoms with van der Waals surface area (Å²) in [5.41, 5.74) is 2.20. The zero-order chi connectivity index (χ0) is 16.8. The maximum absolute atomic E-state index is 12.6. The van der Waals surface area contributed by atoms with Crippen LogP contribution in [0.25, 0.3) is 0 Å². The van der Waals surface area contributed by atoms with Crippen LogP contribution in [0.3, 0.4) is 0 Å². The van der Waals surface area contributed by atoms with Crippen molar-refractivity contribution < 1.29 is 4.79 Å². The number of hydrogen-bond donors (Lipinski definition) is 1. The van der Waals surface area contributed by atoms with Crippen molar-refractivity contribution in [1.29, 1.82) is 0 Å². The van der Waals surface area contributed by atoms with E-state index in [4.69, 9.17) is 0 Å². The molecule has 0 radical (unpaired) electrons. The van der Waals surface area contributed by atoms with Crippen LogP contribution in [0.2, 0.25) is 0 Å². The van der Waals surface area contributed by atoms with Crippen LogP contribution in [-0.4, -0.2) is 41.0 Å². The van der Waals surface area contributed by atoms with E-state index in [1.165, 1.54) is 5.56 Å². The molecule has 0 unspecified atom stereocenters. The first kappa shape index (κ1) is 17.2. The second-order valence-electron chi connectivity index (χ2n) is 5.96. The predicted octanol–water partition coefficient (Wildman–Crippen LogP) is 2.17. The van der Waals surface area contributed by atoms with Gasteiger partial charge < -0.3 is 9.88 Å². The number of aromatic nitrogens is 2. The minimum absolute atomic E-state index is 0.0250. The van der Waals surface area contributed by atoms with Gasteiger partial charge in [-0.25, -0.2) is 4.98 Å². The number of rotatable bonds is 7. The van der Waals surface area contributed by atoms with E-state index in [1.807, 2.05) is 56.4 Å². The lowest BCUT2D eigenvalue weighted by molar-refractivity contribution is -0.125. The maximum Gasteiger partial charge on any atom is 0.242 e. The first-order chi connectivity index (χ1) is 11.0. The third-order valence-electron chi connectivity index (χ3n) is 3.93. The number of carbonyl (C=O) groups excluding carboxylic acids is 1.